The Bertz CT molecular complexity index is 558. The molecule has 0 aliphatic carbocycles. The average molecular weight is 263 g/mol. The maximum absolute atomic E-state index is 12.3. The molecule has 0 aliphatic rings. The zero-order valence-electron chi connectivity index (χ0n) is 7.99. The molecule has 90 valence electrons. The van der Waals surface area contributed by atoms with Crippen LogP contribution in [0.25, 0.3) is 11.5 Å². The molecule has 0 saturated carbocycles. The lowest BCUT2D eigenvalue weighted by Crippen LogP contribution is -2.03. The summed E-state index contributed by atoms with van der Waals surface area (Å²) in [7, 11) is 0. The van der Waals surface area contributed by atoms with E-state index < -0.39 is 17.2 Å². The van der Waals surface area contributed by atoms with Gasteiger partial charge in [0.15, 0.2) is 10.8 Å². The van der Waals surface area contributed by atoms with E-state index in [-0.39, 0.29) is 17.0 Å². The van der Waals surface area contributed by atoms with E-state index in [2.05, 4.69) is 4.98 Å². The number of hydrogen-bond donors (Lipinski definition) is 1. The third-order valence-electron chi connectivity index (χ3n) is 1.85. The standard InChI is InChI=1S/C9H4F3NO3S/c10-9(11,12)8-13-5(3-17-8)6-1-4(2-16-6)7(14)15/h1-3H,(H,14,15). The number of aromatic carboxylic acids is 1. The molecule has 0 spiro atoms. The molecule has 8 heteroatoms. The Morgan fingerprint density at radius 3 is 2.65 bits per heavy atom. The number of hydrogen-bond acceptors (Lipinski definition) is 4. The van der Waals surface area contributed by atoms with Crippen molar-refractivity contribution in [3.8, 4) is 11.5 Å². The van der Waals surface area contributed by atoms with Crippen LogP contribution in [0.3, 0.4) is 0 Å². The van der Waals surface area contributed by atoms with Crippen LogP contribution in [0.2, 0.25) is 0 Å². The van der Waals surface area contributed by atoms with E-state index >= 15 is 0 Å². The molecule has 0 amide bonds. The van der Waals surface area contributed by atoms with Crippen molar-refractivity contribution in [2.45, 2.75) is 6.18 Å². The lowest BCUT2D eigenvalue weighted by Gasteiger charge is -1.98. The molecule has 2 aromatic rings. The number of rotatable bonds is 2. The Hall–Kier alpha value is -1.83. The molecule has 0 aliphatic heterocycles. The molecular formula is C9H4F3NO3S. The van der Waals surface area contributed by atoms with Gasteiger partial charge in [0, 0.05) is 11.4 Å². The van der Waals surface area contributed by atoms with Crippen LogP contribution in [0.4, 0.5) is 13.2 Å². The molecule has 0 unspecified atom stereocenters. The van der Waals surface area contributed by atoms with E-state index in [1.165, 1.54) is 0 Å². The zero-order valence-corrected chi connectivity index (χ0v) is 8.80. The topological polar surface area (TPSA) is 63.3 Å². The van der Waals surface area contributed by atoms with Crippen molar-refractivity contribution in [2.75, 3.05) is 0 Å². The lowest BCUT2D eigenvalue weighted by molar-refractivity contribution is -0.137. The van der Waals surface area contributed by atoms with Gasteiger partial charge in [-0.15, -0.1) is 11.3 Å². The summed E-state index contributed by atoms with van der Waals surface area (Å²) >= 11 is 0.425. The third kappa shape index (κ3) is 2.31. The number of carboxylic acids is 1. The molecule has 17 heavy (non-hydrogen) atoms. The first-order valence-electron chi connectivity index (χ1n) is 4.23. The second kappa shape index (κ2) is 3.88. The first-order valence-corrected chi connectivity index (χ1v) is 5.11. The van der Waals surface area contributed by atoms with Gasteiger partial charge in [0.25, 0.3) is 0 Å². The molecule has 2 heterocycles. The minimum atomic E-state index is -4.51. The summed E-state index contributed by atoms with van der Waals surface area (Å²) in [4.78, 5) is 13.9. The largest absolute Gasteiger partial charge is 0.478 e. The second-order valence-corrected chi connectivity index (χ2v) is 3.90. The number of thiazole rings is 1. The molecule has 2 rings (SSSR count). The average Bonchev–Trinajstić information content (AvgIpc) is 2.85. The lowest BCUT2D eigenvalue weighted by atomic mass is 10.3. The summed E-state index contributed by atoms with van der Waals surface area (Å²) in [6, 6.07) is 1.12. The zero-order chi connectivity index (χ0) is 12.6. The smallest absolute Gasteiger partial charge is 0.443 e. The fraction of sp³-hybridized carbons (Fsp3) is 0.111. The highest BCUT2D eigenvalue weighted by Gasteiger charge is 2.34. The van der Waals surface area contributed by atoms with Crippen molar-refractivity contribution >= 4 is 17.3 Å². The van der Waals surface area contributed by atoms with Crippen molar-refractivity contribution in [2.24, 2.45) is 0 Å². The van der Waals surface area contributed by atoms with E-state index in [4.69, 9.17) is 9.52 Å². The maximum atomic E-state index is 12.3. The Labute approximate surface area is 96.3 Å². The van der Waals surface area contributed by atoms with Gasteiger partial charge in [0.05, 0.1) is 5.56 Å². The van der Waals surface area contributed by atoms with Gasteiger partial charge >= 0.3 is 12.1 Å². The summed E-state index contributed by atoms with van der Waals surface area (Å²) in [5.41, 5.74) is -0.170. The number of furan rings is 1. The van der Waals surface area contributed by atoms with Crippen molar-refractivity contribution in [1.29, 1.82) is 0 Å². The fourth-order valence-corrected chi connectivity index (χ4v) is 1.78. The van der Waals surface area contributed by atoms with E-state index in [0.717, 1.165) is 17.7 Å². The van der Waals surface area contributed by atoms with E-state index in [1.807, 2.05) is 0 Å². The number of carboxylic acid groups (broad SMARTS) is 1. The molecule has 0 radical (unpaired) electrons. The van der Waals surface area contributed by atoms with Gasteiger partial charge in [0.2, 0.25) is 0 Å². The second-order valence-electron chi connectivity index (χ2n) is 3.04. The van der Waals surface area contributed by atoms with Crippen LogP contribution in [0.5, 0.6) is 0 Å². The van der Waals surface area contributed by atoms with Gasteiger partial charge in [-0.3, -0.25) is 0 Å². The van der Waals surface area contributed by atoms with Crippen LogP contribution in [-0.2, 0) is 6.18 Å². The summed E-state index contributed by atoms with van der Waals surface area (Å²) in [6.45, 7) is 0. The SMILES string of the molecule is O=C(O)c1coc(-c2csc(C(F)(F)F)n2)c1. The van der Waals surface area contributed by atoms with Gasteiger partial charge in [-0.2, -0.15) is 13.2 Å². The van der Waals surface area contributed by atoms with E-state index in [1.54, 1.807) is 0 Å². The summed E-state index contributed by atoms with van der Waals surface area (Å²) in [5, 5.41) is 8.78. The van der Waals surface area contributed by atoms with Crippen molar-refractivity contribution in [1.82, 2.24) is 4.98 Å². The van der Waals surface area contributed by atoms with Gasteiger partial charge in [0.1, 0.15) is 12.0 Å². The quantitative estimate of drug-likeness (QED) is 0.904. The molecule has 4 nitrogen and oxygen atoms in total. The van der Waals surface area contributed by atoms with E-state index in [9.17, 15) is 18.0 Å². The first-order chi connectivity index (χ1) is 7.88. The summed E-state index contributed by atoms with van der Waals surface area (Å²) < 4.78 is 41.7. The molecule has 2 aromatic heterocycles. The number of aromatic nitrogens is 1. The monoisotopic (exact) mass is 263 g/mol. The minimum absolute atomic E-state index is 0.00542. The van der Waals surface area contributed by atoms with Crippen LogP contribution >= 0.6 is 11.3 Å². The number of alkyl halides is 3. The molecule has 0 bridgehead atoms. The van der Waals surface area contributed by atoms with Gasteiger partial charge in [-0.1, -0.05) is 0 Å². The van der Waals surface area contributed by atoms with Crippen molar-refractivity contribution in [3.05, 3.63) is 28.3 Å². The Morgan fingerprint density at radius 1 is 1.47 bits per heavy atom. The number of carbonyl (C=O) groups is 1. The predicted octanol–water partition coefficient (Wildman–Crippen LogP) is 3.12. The highest BCUT2D eigenvalue weighted by atomic mass is 32.1. The van der Waals surface area contributed by atoms with Crippen LogP contribution in [0.15, 0.2) is 22.1 Å². The summed E-state index contributed by atoms with van der Waals surface area (Å²) in [6.07, 6.45) is -3.56. The molecular weight excluding hydrogens is 259 g/mol. The molecule has 1 N–H and O–H groups in total. The van der Waals surface area contributed by atoms with Crippen LogP contribution in [-0.4, -0.2) is 16.1 Å². The van der Waals surface area contributed by atoms with Gasteiger partial charge in [-0.25, -0.2) is 9.78 Å². The van der Waals surface area contributed by atoms with Crippen molar-refractivity contribution in [3.63, 3.8) is 0 Å². The number of halogens is 3. The Balaban J connectivity index is 2.34. The normalized spacial score (nSPS) is 11.7. The van der Waals surface area contributed by atoms with Crippen LogP contribution < -0.4 is 0 Å². The van der Waals surface area contributed by atoms with Gasteiger partial charge in [-0.05, 0) is 0 Å². The fourth-order valence-electron chi connectivity index (χ4n) is 1.10. The maximum Gasteiger partial charge on any atom is 0.443 e. The Morgan fingerprint density at radius 2 is 2.18 bits per heavy atom. The van der Waals surface area contributed by atoms with Crippen molar-refractivity contribution < 1.29 is 27.5 Å². The van der Waals surface area contributed by atoms with Gasteiger partial charge < -0.3 is 9.52 Å². The summed E-state index contributed by atoms with van der Waals surface area (Å²) in [5.74, 6) is -1.22. The third-order valence-corrected chi connectivity index (χ3v) is 2.73. The predicted molar refractivity (Wildman–Crippen MR) is 51.8 cm³/mol. The Kier molecular flexibility index (Phi) is 2.66. The van der Waals surface area contributed by atoms with E-state index in [0.29, 0.717) is 11.3 Å². The van der Waals surface area contributed by atoms with Crippen LogP contribution in [0, 0.1) is 0 Å². The minimum Gasteiger partial charge on any atom is -0.478 e. The number of nitrogens with zero attached hydrogens (tertiary/aromatic N) is 1. The highest BCUT2D eigenvalue weighted by Crippen LogP contribution is 2.34. The molecule has 0 atom stereocenters. The highest BCUT2D eigenvalue weighted by molar-refractivity contribution is 7.10. The molecule has 0 fully saturated rings. The van der Waals surface area contributed by atoms with Crippen LogP contribution in [0.1, 0.15) is 15.4 Å². The molecule has 0 saturated heterocycles. The first kappa shape index (κ1) is 11.6. The molecule has 0 aromatic carbocycles.